The third kappa shape index (κ3) is 3.96. The summed E-state index contributed by atoms with van der Waals surface area (Å²) in [6, 6.07) is 9.98. The van der Waals surface area contributed by atoms with Crippen LogP contribution < -0.4 is 10.1 Å². The van der Waals surface area contributed by atoms with E-state index in [1.165, 1.54) is 6.07 Å². The van der Waals surface area contributed by atoms with Gasteiger partial charge in [-0.05, 0) is 48.7 Å². The van der Waals surface area contributed by atoms with Crippen LogP contribution in [-0.4, -0.2) is 25.1 Å². The molecule has 2 aromatic rings. The second kappa shape index (κ2) is 7.34. The van der Waals surface area contributed by atoms with Gasteiger partial charge in [0.05, 0.1) is 5.56 Å². The normalized spacial score (nSPS) is 13.0. The van der Waals surface area contributed by atoms with Crippen molar-refractivity contribution in [2.45, 2.75) is 19.8 Å². The molecule has 1 amide bonds. The molecular formula is C19H18FNO4. The number of nitrogens with one attached hydrogen (secondary N) is 1. The third-order valence-electron chi connectivity index (χ3n) is 3.97. The molecule has 130 valence electrons. The van der Waals surface area contributed by atoms with Gasteiger partial charge in [-0.1, -0.05) is 12.1 Å². The molecule has 0 unspecified atom stereocenters. The molecule has 0 bridgehead atoms. The fourth-order valence-corrected chi connectivity index (χ4v) is 2.63. The van der Waals surface area contributed by atoms with Crippen molar-refractivity contribution in [3.05, 3.63) is 58.9 Å². The van der Waals surface area contributed by atoms with Gasteiger partial charge in [0.25, 0.3) is 0 Å². The number of aryl methyl sites for hydroxylation is 2. The van der Waals surface area contributed by atoms with E-state index in [1.54, 1.807) is 31.2 Å². The predicted molar refractivity (Wildman–Crippen MR) is 90.3 cm³/mol. The van der Waals surface area contributed by atoms with Crippen molar-refractivity contribution in [3.63, 3.8) is 0 Å². The molecular weight excluding hydrogens is 325 g/mol. The number of carbonyl (C=O) groups is 2. The van der Waals surface area contributed by atoms with Crippen LogP contribution in [0.1, 0.15) is 27.9 Å². The SMILES string of the molecule is Cc1cccc(C(=O)OCCOc2ccc3c(c2)CCC(=O)N3)c1F. The average Bonchev–Trinajstić information content (AvgIpc) is 2.61. The molecule has 5 nitrogen and oxygen atoms in total. The zero-order chi connectivity index (χ0) is 17.8. The molecule has 0 aliphatic carbocycles. The first kappa shape index (κ1) is 17.0. The van der Waals surface area contributed by atoms with E-state index in [2.05, 4.69) is 5.32 Å². The Bertz CT molecular complexity index is 819. The van der Waals surface area contributed by atoms with Crippen molar-refractivity contribution < 1.29 is 23.5 Å². The van der Waals surface area contributed by atoms with E-state index < -0.39 is 11.8 Å². The van der Waals surface area contributed by atoms with Crippen LogP contribution in [0.25, 0.3) is 0 Å². The van der Waals surface area contributed by atoms with Crippen LogP contribution >= 0.6 is 0 Å². The maximum atomic E-state index is 13.9. The van der Waals surface area contributed by atoms with Crippen LogP contribution in [0.3, 0.4) is 0 Å². The fourth-order valence-electron chi connectivity index (χ4n) is 2.63. The van der Waals surface area contributed by atoms with Crippen molar-refractivity contribution >= 4 is 17.6 Å². The van der Waals surface area contributed by atoms with Crippen LogP contribution in [0.2, 0.25) is 0 Å². The standard InChI is InChI=1S/C19H18FNO4/c1-12-3-2-4-15(18(12)20)19(23)25-10-9-24-14-6-7-16-13(11-14)5-8-17(22)21-16/h2-4,6-7,11H,5,8-10H2,1H3,(H,21,22). The molecule has 0 spiro atoms. The van der Waals surface area contributed by atoms with E-state index in [0.717, 1.165) is 11.3 Å². The molecule has 0 atom stereocenters. The highest BCUT2D eigenvalue weighted by molar-refractivity contribution is 5.94. The number of rotatable bonds is 5. The molecule has 2 aromatic carbocycles. The van der Waals surface area contributed by atoms with E-state index in [9.17, 15) is 14.0 Å². The van der Waals surface area contributed by atoms with Crippen LogP contribution in [0.4, 0.5) is 10.1 Å². The monoisotopic (exact) mass is 343 g/mol. The van der Waals surface area contributed by atoms with E-state index in [4.69, 9.17) is 9.47 Å². The van der Waals surface area contributed by atoms with E-state index >= 15 is 0 Å². The molecule has 1 N–H and O–H groups in total. The van der Waals surface area contributed by atoms with Crippen molar-refractivity contribution in [3.8, 4) is 5.75 Å². The van der Waals surface area contributed by atoms with Gasteiger partial charge in [-0.25, -0.2) is 9.18 Å². The van der Waals surface area contributed by atoms with Gasteiger partial charge in [-0.3, -0.25) is 4.79 Å². The van der Waals surface area contributed by atoms with Gasteiger partial charge >= 0.3 is 5.97 Å². The summed E-state index contributed by atoms with van der Waals surface area (Å²) in [7, 11) is 0. The number of halogens is 1. The van der Waals surface area contributed by atoms with Gasteiger partial charge in [0.15, 0.2) is 0 Å². The van der Waals surface area contributed by atoms with E-state index in [-0.39, 0.29) is 24.7 Å². The number of hydrogen-bond donors (Lipinski definition) is 1. The van der Waals surface area contributed by atoms with Crippen LogP contribution in [0.5, 0.6) is 5.75 Å². The minimum atomic E-state index is -0.710. The molecule has 1 heterocycles. The largest absolute Gasteiger partial charge is 0.490 e. The topological polar surface area (TPSA) is 64.6 Å². The second-order valence-electron chi connectivity index (χ2n) is 5.79. The first-order valence-electron chi connectivity index (χ1n) is 8.02. The van der Waals surface area contributed by atoms with Crippen molar-refractivity contribution in [1.29, 1.82) is 0 Å². The van der Waals surface area contributed by atoms with Gasteiger partial charge in [0.2, 0.25) is 5.91 Å². The molecule has 25 heavy (non-hydrogen) atoms. The summed E-state index contributed by atoms with van der Waals surface area (Å²) >= 11 is 0. The number of benzene rings is 2. The van der Waals surface area contributed by atoms with Crippen LogP contribution in [0.15, 0.2) is 36.4 Å². The molecule has 0 aromatic heterocycles. The zero-order valence-corrected chi connectivity index (χ0v) is 13.8. The van der Waals surface area contributed by atoms with Gasteiger partial charge in [0, 0.05) is 12.1 Å². The molecule has 1 aliphatic heterocycles. The predicted octanol–water partition coefficient (Wildman–Crippen LogP) is 3.25. The van der Waals surface area contributed by atoms with E-state index in [1.807, 2.05) is 6.07 Å². The third-order valence-corrected chi connectivity index (χ3v) is 3.97. The van der Waals surface area contributed by atoms with Crippen LogP contribution in [-0.2, 0) is 16.0 Å². The Balaban J connectivity index is 1.51. The number of fused-ring (bicyclic) bond motifs is 1. The Labute approximate surface area is 144 Å². The number of amides is 1. The Morgan fingerprint density at radius 1 is 1.20 bits per heavy atom. The van der Waals surface area contributed by atoms with Gasteiger partial charge in [0.1, 0.15) is 24.8 Å². The highest BCUT2D eigenvalue weighted by Gasteiger charge is 2.16. The number of carbonyl (C=O) groups excluding carboxylic acids is 2. The summed E-state index contributed by atoms with van der Waals surface area (Å²) < 4.78 is 24.5. The quantitative estimate of drug-likeness (QED) is 0.669. The minimum absolute atomic E-state index is 0.0106. The Morgan fingerprint density at radius 2 is 2.04 bits per heavy atom. The number of hydrogen-bond acceptors (Lipinski definition) is 4. The highest BCUT2D eigenvalue weighted by Crippen LogP contribution is 2.26. The van der Waals surface area contributed by atoms with Gasteiger partial charge in [-0.2, -0.15) is 0 Å². The van der Waals surface area contributed by atoms with Crippen molar-refractivity contribution in [2.75, 3.05) is 18.5 Å². The summed E-state index contributed by atoms with van der Waals surface area (Å²) in [4.78, 5) is 23.2. The maximum absolute atomic E-state index is 13.9. The molecule has 3 rings (SSSR count). The summed E-state index contributed by atoms with van der Waals surface area (Å²) in [5.74, 6) is -0.632. The highest BCUT2D eigenvalue weighted by atomic mass is 19.1. The van der Waals surface area contributed by atoms with Crippen LogP contribution in [0, 0.1) is 12.7 Å². The number of esters is 1. The number of anilines is 1. The molecule has 1 aliphatic rings. The van der Waals surface area contributed by atoms with Gasteiger partial charge < -0.3 is 14.8 Å². The van der Waals surface area contributed by atoms with Crippen molar-refractivity contribution in [1.82, 2.24) is 0 Å². The Kier molecular flexibility index (Phi) is 4.97. The molecule has 0 saturated carbocycles. The lowest BCUT2D eigenvalue weighted by Crippen LogP contribution is -2.19. The molecule has 0 saturated heterocycles. The summed E-state index contributed by atoms with van der Waals surface area (Å²) in [6.45, 7) is 1.76. The van der Waals surface area contributed by atoms with Crippen molar-refractivity contribution in [2.24, 2.45) is 0 Å². The molecule has 0 fully saturated rings. The second-order valence-corrected chi connectivity index (χ2v) is 5.79. The molecule has 0 radical (unpaired) electrons. The summed E-state index contributed by atoms with van der Waals surface area (Å²) in [5, 5.41) is 2.80. The fraction of sp³-hybridized carbons (Fsp3) is 0.263. The van der Waals surface area contributed by atoms with Gasteiger partial charge in [-0.15, -0.1) is 0 Å². The van der Waals surface area contributed by atoms with E-state index in [0.29, 0.717) is 24.2 Å². The Hall–Kier alpha value is -2.89. The first-order chi connectivity index (χ1) is 12.0. The zero-order valence-electron chi connectivity index (χ0n) is 13.8. The summed E-state index contributed by atoms with van der Waals surface area (Å²) in [5.41, 5.74) is 2.12. The number of ether oxygens (including phenoxy) is 2. The molecule has 6 heteroatoms. The average molecular weight is 343 g/mol. The summed E-state index contributed by atoms with van der Waals surface area (Å²) in [6.07, 6.45) is 1.12. The first-order valence-corrected chi connectivity index (χ1v) is 8.02. The Morgan fingerprint density at radius 3 is 2.88 bits per heavy atom. The smallest absolute Gasteiger partial charge is 0.341 e. The lowest BCUT2D eigenvalue weighted by Gasteiger charge is -2.17. The maximum Gasteiger partial charge on any atom is 0.341 e. The minimum Gasteiger partial charge on any atom is -0.490 e. The lowest BCUT2D eigenvalue weighted by molar-refractivity contribution is -0.116. The lowest BCUT2D eigenvalue weighted by atomic mass is 10.0.